The Morgan fingerprint density at radius 1 is 0.444 bits per heavy atom. The van der Waals surface area contributed by atoms with Crippen LogP contribution in [-0.4, -0.2) is 8.07 Å². The maximum absolute atomic E-state index is 2.48. The van der Waals surface area contributed by atoms with Gasteiger partial charge in [-0.15, -0.1) is 0 Å². The fraction of sp³-hybridized carbons (Fsp3) is 0.0769. The average Bonchev–Trinajstić information content (AvgIpc) is 2.81. The van der Waals surface area contributed by atoms with E-state index in [1.54, 1.807) is 0 Å². The third-order valence-corrected chi connectivity index (χ3v) is 9.47. The first-order chi connectivity index (χ1) is 13.2. The molecule has 0 radical (unpaired) electrons. The van der Waals surface area contributed by atoms with Crippen LogP contribution in [0.5, 0.6) is 0 Å². The normalized spacial score (nSPS) is 13.9. The summed E-state index contributed by atoms with van der Waals surface area (Å²) in [4.78, 5) is 0. The van der Waals surface area contributed by atoms with Crippen LogP contribution in [0.1, 0.15) is 0 Å². The minimum Gasteiger partial charge on any atom is -0.0623 e. The molecule has 4 aromatic rings. The highest BCUT2D eigenvalue weighted by Crippen LogP contribution is 2.41. The predicted molar refractivity (Wildman–Crippen MR) is 120 cm³/mol. The SMILES string of the molecule is C[Si]1(C)c2ccccc2-c2cccc(-c3ccccc3)c2-c2ccccc21. The van der Waals surface area contributed by atoms with Crippen molar-refractivity contribution in [3.63, 3.8) is 0 Å². The topological polar surface area (TPSA) is 0 Å². The molecule has 4 aromatic carbocycles. The van der Waals surface area contributed by atoms with Crippen LogP contribution in [0.4, 0.5) is 0 Å². The summed E-state index contributed by atoms with van der Waals surface area (Å²) in [6, 6.07) is 35.7. The Morgan fingerprint density at radius 3 is 1.70 bits per heavy atom. The average molecular weight is 363 g/mol. The van der Waals surface area contributed by atoms with Crippen molar-refractivity contribution in [2.75, 3.05) is 0 Å². The quantitative estimate of drug-likeness (QED) is 0.374. The minimum atomic E-state index is -1.80. The van der Waals surface area contributed by atoms with Crippen molar-refractivity contribution in [1.29, 1.82) is 0 Å². The van der Waals surface area contributed by atoms with Gasteiger partial charge < -0.3 is 0 Å². The minimum absolute atomic E-state index is 1.28. The largest absolute Gasteiger partial charge is 0.113 e. The molecule has 0 aromatic heterocycles. The first-order valence-corrected chi connectivity index (χ1v) is 12.6. The van der Waals surface area contributed by atoms with Crippen molar-refractivity contribution >= 4 is 18.4 Å². The molecule has 0 amide bonds. The van der Waals surface area contributed by atoms with Gasteiger partial charge in [-0.1, -0.05) is 110 Å². The van der Waals surface area contributed by atoms with E-state index in [4.69, 9.17) is 0 Å². The Hall–Kier alpha value is -2.90. The molecule has 0 N–H and O–H groups in total. The summed E-state index contributed by atoms with van der Waals surface area (Å²) in [6.45, 7) is 4.97. The summed E-state index contributed by atoms with van der Waals surface area (Å²) in [5.41, 5.74) is 8.14. The number of hydrogen-bond acceptors (Lipinski definition) is 0. The van der Waals surface area contributed by atoms with Crippen LogP contribution in [0, 0.1) is 0 Å². The van der Waals surface area contributed by atoms with E-state index in [-0.39, 0.29) is 0 Å². The summed E-state index contributed by atoms with van der Waals surface area (Å²) < 4.78 is 0. The van der Waals surface area contributed by atoms with E-state index in [1.807, 2.05) is 0 Å². The molecular formula is C26H22Si. The molecule has 5 rings (SSSR count). The second-order valence-electron chi connectivity index (χ2n) is 7.81. The van der Waals surface area contributed by atoms with Crippen LogP contribution >= 0.6 is 0 Å². The smallest absolute Gasteiger partial charge is 0.0623 e. The lowest BCUT2D eigenvalue weighted by atomic mass is 9.88. The summed E-state index contributed by atoms with van der Waals surface area (Å²) in [7, 11) is -1.80. The van der Waals surface area contributed by atoms with E-state index in [2.05, 4.69) is 110 Å². The standard InChI is InChI=1S/C26H22Si/c1-27(2)24-17-8-6-13-21(24)22-16-10-15-20(19-11-4-3-5-12-19)26(22)23-14-7-9-18-25(23)27/h3-18H,1-2H3. The summed E-state index contributed by atoms with van der Waals surface area (Å²) in [5, 5.41) is 3.06. The highest BCUT2D eigenvalue weighted by atomic mass is 28.3. The maximum atomic E-state index is 2.48. The molecule has 130 valence electrons. The zero-order valence-corrected chi connectivity index (χ0v) is 16.7. The van der Waals surface area contributed by atoms with Gasteiger partial charge in [0.1, 0.15) is 8.07 Å². The molecule has 1 aliphatic heterocycles. The molecule has 1 aliphatic rings. The van der Waals surface area contributed by atoms with E-state index in [9.17, 15) is 0 Å². The molecule has 1 heteroatoms. The van der Waals surface area contributed by atoms with Crippen LogP contribution in [0.3, 0.4) is 0 Å². The fourth-order valence-corrected chi connectivity index (χ4v) is 7.67. The zero-order chi connectivity index (χ0) is 18.4. The maximum Gasteiger partial charge on any atom is 0.113 e. The van der Waals surface area contributed by atoms with Crippen LogP contribution in [0.25, 0.3) is 33.4 Å². The lowest BCUT2D eigenvalue weighted by molar-refractivity contribution is 1.58. The molecule has 0 nitrogen and oxygen atoms in total. The van der Waals surface area contributed by atoms with Gasteiger partial charge in [0, 0.05) is 0 Å². The van der Waals surface area contributed by atoms with Crippen molar-refractivity contribution in [3.8, 4) is 33.4 Å². The highest BCUT2D eigenvalue weighted by Gasteiger charge is 2.35. The van der Waals surface area contributed by atoms with Gasteiger partial charge in [0.2, 0.25) is 0 Å². The van der Waals surface area contributed by atoms with Gasteiger partial charge in [0.05, 0.1) is 0 Å². The number of fused-ring (bicyclic) bond motifs is 5. The van der Waals surface area contributed by atoms with Crippen molar-refractivity contribution in [2.45, 2.75) is 13.1 Å². The lowest BCUT2D eigenvalue weighted by Crippen LogP contribution is -2.53. The number of rotatable bonds is 1. The van der Waals surface area contributed by atoms with E-state index in [0.717, 1.165) is 0 Å². The van der Waals surface area contributed by atoms with E-state index < -0.39 is 8.07 Å². The van der Waals surface area contributed by atoms with Crippen molar-refractivity contribution in [2.24, 2.45) is 0 Å². The van der Waals surface area contributed by atoms with E-state index in [1.165, 1.54) is 43.8 Å². The predicted octanol–water partition coefficient (Wildman–Crippen LogP) is 5.82. The first-order valence-electron chi connectivity index (χ1n) is 9.56. The van der Waals surface area contributed by atoms with Crippen molar-refractivity contribution < 1.29 is 0 Å². The Labute approximate surface area is 162 Å². The second-order valence-corrected chi connectivity index (χ2v) is 12.1. The van der Waals surface area contributed by atoms with Gasteiger partial charge in [-0.05, 0) is 43.8 Å². The molecule has 0 bridgehead atoms. The molecule has 0 saturated carbocycles. The highest BCUT2D eigenvalue weighted by molar-refractivity contribution is 7.02. The Morgan fingerprint density at radius 2 is 0.963 bits per heavy atom. The molecule has 0 saturated heterocycles. The van der Waals surface area contributed by atoms with E-state index in [0.29, 0.717) is 0 Å². The molecule has 0 unspecified atom stereocenters. The van der Waals surface area contributed by atoms with Gasteiger partial charge >= 0.3 is 0 Å². The molecule has 0 atom stereocenters. The van der Waals surface area contributed by atoms with E-state index >= 15 is 0 Å². The Bertz CT molecular complexity index is 1140. The molecular weight excluding hydrogens is 340 g/mol. The zero-order valence-electron chi connectivity index (χ0n) is 15.7. The third-order valence-electron chi connectivity index (χ3n) is 5.91. The Kier molecular flexibility index (Phi) is 3.66. The van der Waals surface area contributed by atoms with Crippen LogP contribution in [0.15, 0.2) is 97.1 Å². The monoisotopic (exact) mass is 362 g/mol. The Balaban J connectivity index is 1.97. The van der Waals surface area contributed by atoms with Gasteiger partial charge in [0.25, 0.3) is 0 Å². The summed E-state index contributed by atoms with van der Waals surface area (Å²) >= 11 is 0. The lowest BCUT2D eigenvalue weighted by Gasteiger charge is -2.25. The number of benzene rings is 4. The van der Waals surface area contributed by atoms with Crippen LogP contribution in [-0.2, 0) is 0 Å². The molecule has 0 aliphatic carbocycles. The summed E-state index contributed by atoms with van der Waals surface area (Å²) in [6.07, 6.45) is 0. The fourth-order valence-electron chi connectivity index (χ4n) is 4.58. The van der Waals surface area contributed by atoms with Crippen molar-refractivity contribution in [1.82, 2.24) is 0 Å². The molecule has 27 heavy (non-hydrogen) atoms. The number of hydrogen-bond donors (Lipinski definition) is 0. The molecule has 0 fully saturated rings. The third kappa shape index (κ3) is 2.43. The van der Waals surface area contributed by atoms with Gasteiger partial charge in [0.15, 0.2) is 0 Å². The second kappa shape index (κ2) is 6.07. The van der Waals surface area contributed by atoms with Crippen molar-refractivity contribution in [3.05, 3.63) is 97.1 Å². The molecule has 0 spiro atoms. The summed E-state index contributed by atoms with van der Waals surface area (Å²) in [5.74, 6) is 0. The first kappa shape index (κ1) is 16.3. The van der Waals surface area contributed by atoms with Gasteiger partial charge in [-0.3, -0.25) is 0 Å². The van der Waals surface area contributed by atoms with Crippen LogP contribution in [0.2, 0.25) is 13.1 Å². The van der Waals surface area contributed by atoms with Gasteiger partial charge in [-0.25, -0.2) is 0 Å². The van der Waals surface area contributed by atoms with Gasteiger partial charge in [-0.2, -0.15) is 0 Å². The van der Waals surface area contributed by atoms with Crippen LogP contribution < -0.4 is 10.4 Å². The molecule has 1 heterocycles.